The number of halogens is 1. The molecule has 0 spiro atoms. The number of aromatic hydroxyl groups is 1. The standard InChI is InChI=1S/C16H21FN2O2/c17-12-3-4-15(20)14(9-12)16(21)19-7-5-13(6-8-19)18-10-11-1-2-11/h3-4,9,11,13,18,20H,1-2,5-8,10H2. The van der Waals surface area contributed by atoms with Crippen LogP contribution in [0.4, 0.5) is 4.39 Å². The van der Waals surface area contributed by atoms with Crippen LogP contribution in [0.2, 0.25) is 0 Å². The lowest BCUT2D eigenvalue weighted by atomic mass is 10.0. The Hall–Kier alpha value is -1.62. The molecule has 0 aromatic heterocycles. The first-order chi connectivity index (χ1) is 10.1. The molecule has 1 saturated carbocycles. The van der Waals surface area contributed by atoms with Gasteiger partial charge in [-0.1, -0.05) is 0 Å². The maximum absolute atomic E-state index is 13.2. The number of hydrogen-bond donors (Lipinski definition) is 2. The molecular formula is C16H21FN2O2. The molecule has 2 N–H and O–H groups in total. The van der Waals surface area contributed by atoms with Gasteiger partial charge >= 0.3 is 0 Å². The predicted octanol–water partition coefficient (Wildman–Crippen LogP) is 2.14. The second-order valence-corrected chi connectivity index (χ2v) is 6.08. The minimum atomic E-state index is -0.503. The summed E-state index contributed by atoms with van der Waals surface area (Å²) in [7, 11) is 0. The first kappa shape index (κ1) is 14.3. The van der Waals surface area contributed by atoms with Crippen LogP contribution in [0.15, 0.2) is 18.2 Å². The number of nitrogens with one attached hydrogen (secondary N) is 1. The molecule has 0 atom stereocenters. The van der Waals surface area contributed by atoms with E-state index < -0.39 is 5.82 Å². The van der Waals surface area contributed by atoms with E-state index in [0.717, 1.165) is 37.4 Å². The summed E-state index contributed by atoms with van der Waals surface area (Å²) in [6.07, 6.45) is 4.50. The number of carbonyl (C=O) groups excluding carboxylic acids is 1. The summed E-state index contributed by atoms with van der Waals surface area (Å²) in [6, 6.07) is 3.96. The minimum absolute atomic E-state index is 0.0550. The molecule has 1 amide bonds. The highest BCUT2D eigenvalue weighted by molar-refractivity contribution is 5.96. The van der Waals surface area contributed by atoms with E-state index in [2.05, 4.69) is 5.32 Å². The van der Waals surface area contributed by atoms with E-state index in [1.54, 1.807) is 4.90 Å². The molecule has 1 aromatic rings. The third-order valence-corrected chi connectivity index (χ3v) is 4.36. The number of nitrogens with zero attached hydrogens (tertiary/aromatic N) is 1. The summed E-state index contributed by atoms with van der Waals surface area (Å²) in [5.74, 6) is -0.0888. The molecule has 0 radical (unpaired) electrons. The molecule has 114 valence electrons. The molecule has 0 bridgehead atoms. The number of hydrogen-bond acceptors (Lipinski definition) is 3. The van der Waals surface area contributed by atoms with Crippen LogP contribution < -0.4 is 5.32 Å². The molecule has 2 aliphatic rings. The fourth-order valence-electron chi connectivity index (χ4n) is 2.79. The molecule has 1 aliphatic heterocycles. The van der Waals surface area contributed by atoms with Crippen molar-refractivity contribution in [3.63, 3.8) is 0 Å². The van der Waals surface area contributed by atoms with Crippen LogP contribution in [0.5, 0.6) is 5.75 Å². The van der Waals surface area contributed by atoms with E-state index in [0.29, 0.717) is 19.1 Å². The van der Waals surface area contributed by atoms with Crippen molar-refractivity contribution in [3.8, 4) is 5.75 Å². The summed E-state index contributed by atoms with van der Waals surface area (Å²) < 4.78 is 13.2. The maximum Gasteiger partial charge on any atom is 0.257 e. The van der Waals surface area contributed by atoms with E-state index in [4.69, 9.17) is 0 Å². The zero-order valence-corrected chi connectivity index (χ0v) is 12.0. The lowest BCUT2D eigenvalue weighted by Crippen LogP contribution is -2.45. The lowest BCUT2D eigenvalue weighted by Gasteiger charge is -2.32. The van der Waals surface area contributed by atoms with Crippen molar-refractivity contribution in [1.29, 1.82) is 0 Å². The van der Waals surface area contributed by atoms with Gasteiger partial charge in [0.1, 0.15) is 11.6 Å². The van der Waals surface area contributed by atoms with E-state index in [-0.39, 0.29) is 17.2 Å². The van der Waals surface area contributed by atoms with Gasteiger partial charge in [-0.15, -0.1) is 0 Å². The normalized spacial score (nSPS) is 19.8. The zero-order chi connectivity index (χ0) is 14.8. The Morgan fingerprint density at radius 1 is 1.29 bits per heavy atom. The summed E-state index contributed by atoms with van der Waals surface area (Å²) >= 11 is 0. The summed E-state index contributed by atoms with van der Waals surface area (Å²) in [4.78, 5) is 14.0. The van der Waals surface area contributed by atoms with Crippen molar-refractivity contribution in [1.82, 2.24) is 10.2 Å². The lowest BCUT2D eigenvalue weighted by molar-refractivity contribution is 0.0701. The Morgan fingerprint density at radius 3 is 2.67 bits per heavy atom. The second kappa shape index (κ2) is 6.02. The summed E-state index contributed by atoms with van der Waals surface area (Å²) in [6.45, 7) is 2.39. The van der Waals surface area contributed by atoms with Crippen LogP contribution in [0.25, 0.3) is 0 Å². The van der Waals surface area contributed by atoms with E-state index in [1.165, 1.54) is 18.9 Å². The molecular weight excluding hydrogens is 271 g/mol. The van der Waals surface area contributed by atoms with Gasteiger partial charge in [-0.05, 0) is 56.3 Å². The van der Waals surface area contributed by atoms with Crippen LogP contribution >= 0.6 is 0 Å². The number of phenolic OH excluding ortho intramolecular Hbond substituents is 1. The fraction of sp³-hybridized carbons (Fsp3) is 0.562. The Balaban J connectivity index is 1.55. The predicted molar refractivity (Wildman–Crippen MR) is 77.7 cm³/mol. The van der Waals surface area contributed by atoms with Gasteiger partial charge < -0.3 is 15.3 Å². The van der Waals surface area contributed by atoms with Crippen molar-refractivity contribution in [2.45, 2.75) is 31.7 Å². The van der Waals surface area contributed by atoms with Gasteiger partial charge in [-0.2, -0.15) is 0 Å². The van der Waals surface area contributed by atoms with Crippen LogP contribution in [0, 0.1) is 11.7 Å². The monoisotopic (exact) mass is 292 g/mol. The van der Waals surface area contributed by atoms with Crippen molar-refractivity contribution < 1.29 is 14.3 Å². The van der Waals surface area contributed by atoms with Crippen LogP contribution in [-0.2, 0) is 0 Å². The highest BCUT2D eigenvalue weighted by atomic mass is 19.1. The number of piperidine rings is 1. The molecule has 0 unspecified atom stereocenters. The van der Waals surface area contributed by atoms with Crippen molar-refractivity contribution in [3.05, 3.63) is 29.6 Å². The third kappa shape index (κ3) is 3.53. The number of rotatable bonds is 4. The molecule has 4 nitrogen and oxygen atoms in total. The van der Waals surface area contributed by atoms with Crippen LogP contribution in [-0.4, -0.2) is 41.6 Å². The first-order valence-electron chi connectivity index (χ1n) is 7.64. The first-order valence-corrected chi connectivity index (χ1v) is 7.64. The number of carbonyl (C=O) groups is 1. The van der Waals surface area contributed by atoms with Gasteiger partial charge in [0, 0.05) is 19.1 Å². The van der Waals surface area contributed by atoms with Gasteiger partial charge in [0.05, 0.1) is 5.56 Å². The van der Waals surface area contributed by atoms with Crippen molar-refractivity contribution in [2.24, 2.45) is 5.92 Å². The average Bonchev–Trinajstić information content (AvgIpc) is 3.32. The Kier molecular flexibility index (Phi) is 4.10. The minimum Gasteiger partial charge on any atom is -0.507 e. The molecule has 21 heavy (non-hydrogen) atoms. The third-order valence-electron chi connectivity index (χ3n) is 4.36. The van der Waals surface area contributed by atoms with Gasteiger partial charge in [-0.3, -0.25) is 4.79 Å². The molecule has 2 fully saturated rings. The van der Waals surface area contributed by atoms with Crippen LogP contribution in [0.3, 0.4) is 0 Å². The quantitative estimate of drug-likeness (QED) is 0.894. The Morgan fingerprint density at radius 2 is 2.00 bits per heavy atom. The van der Waals surface area contributed by atoms with Crippen LogP contribution in [0.1, 0.15) is 36.0 Å². The zero-order valence-electron chi connectivity index (χ0n) is 12.0. The number of amides is 1. The largest absolute Gasteiger partial charge is 0.507 e. The molecule has 1 aliphatic carbocycles. The molecule has 1 aromatic carbocycles. The fourth-order valence-corrected chi connectivity index (χ4v) is 2.79. The molecule has 1 heterocycles. The Bertz CT molecular complexity index is 523. The average molecular weight is 292 g/mol. The van der Waals surface area contributed by atoms with Gasteiger partial charge in [0.25, 0.3) is 5.91 Å². The number of benzene rings is 1. The van der Waals surface area contributed by atoms with Gasteiger partial charge in [0.2, 0.25) is 0 Å². The topological polar surface area (TPSA) is 52.6 Å². The molecule has 3 rings (SSSR count). The summed E-state index contributed by atoms with van der Waals surface area (Å²) in [5, 5.41) is 13.3. The smallest absolute Gasteiger partial charge is 0.257 e. The number of phenols is 1. The molecule has 1 saturated heterocycles. The SMILES string of the molecule is O=C(c1cc(F)ccc1O)N1CCC(NCC2CC2)CC1. The van der Waals surface area contributed by atoms with E-state index in [9.17, 15) is 14.3 Å². The van der Waals surface area contributed by atoms with Crippen molar-refractivity contribution in [2.75, 3.05) is 19.6 Å². The second-order valence-electron chi connectivity index (χ2n) is 6.08. The molecule has 5 heteroatoms. The van der Waals surface area contributed by atoms with Crippen molar-refractivity contribution >= 4 is 5.91 Å². The summed E-state index contributed by atoms with van der Waals surface area (Å²) in [5.41, 5.74) is 0.0550. The number of likely N-dealkylation sites (tertiary alicyclic amines) is 1. The van der Waals surface area contributed by atoms with E-state index in [1.807, 2.05) is 0 Å². The highest BCUT2D eigenvalue weighted by Gasteiger charge is 2.27. The maximum atomic E-state index is 13.2. The highest BCUT2D eigenvalue weighted by Crippen LogP contribution is 2.28. The van der Waals surface area contributed by atoms with Gasteiger partial charge in [0.15, 0.2) is 0 Å². The Labute approximate surface area is 124 Å². The van der Waals surface area contributed by atoms with E-state index >= 15 is 0 Å². The van der Waals surface area contributed by atoms with Gasteiger partial charge in [-0.25, -0.2) is 4.39 Å².